The number of benzene rings is 1. The Hall–Kier alpha value is -3.03. The molecule has 0 aliphatic heterocycles. The molecule has 0 saturated heterocycles. The molecule has 7 nitrogen and oxygen atoms in total. The van der Waals surface area contributed by atoms with Crippen LogP contribution in [0.2, 0.25) is 0 Å². The topological polar surface area (TPSA) is 103 Å². The van der Waals surface area contributed by atoms with Crippen molar-refractivity contribution < 1.29 is 24.0 Å². The van der Waals surface area contributed by atoms with Crippen molar-refractivity contribution in [1.82, 2.24) is 4.98 Å². The zero-order valence-corrected chi connectivity index (χ0v) is 10.7. The Bertz CT molecular complexity index is 732. The van der Waals surface area contributed by atoms with Gasteiger partial charge in [0.1, 0.15) is 11.4 Å². The standard InChI is InChI=1S/C13H9FN2O5/c1-7-4-5-15-12(11(7)13(17)18)21-10-3-2-8(14)6-9(10)16(19)20/h2-6H,1H3,(H,17,18). The van der Waals surface area contributed by atoms with Crippen molar-refractivity contribution in [2.45, 2.75) is 6.92 Å². The lowest BCUT2D eigenvalue weighted by molar-refractivity contribution is -0.385. The van der Waals surface area contributed by atoms with E-state index < -0.39 is 22.4 Å². The van der Waals surface area contributed by atoms with Crippen molar-refractivity contribution in [2.75, 3.05) is 0 Å². The molecule has 0 aliphatic rings. The molecule has 8 heteroatoms. The predicted molar refractivity (Wildman–Crippen MR) is 69.1 cm³/mol. The second-order valence-electron chi connectivity index (χ2n) is 4.08. The van der Waals surface area contributed by atoms with Crippen LogP contribution in [0.5, 0.6) is 11.6 Å². The molecular weight excluding hydrogens is 283 g/mol. The fraction of sp³-hybridized carbons (Fsp3) is 0.0769. The number of aryl methyl sites for hydroxylation is 1. The van der Waals surface area contributed by atoms with E-state index in [1.54, 1.807) is 0 Å². The van der Waals surface area contributed by atoms with E-state index >= 15 is 0 Å². The molecule has 2 aromatic rings. The Balaban J connectivity index is 2.51. The second-order valence-corrected chi connectivity index (χ2v) is 4.08. The van der Waals surface area contributed by atoms with E-state index in [4.69, 9.17) is 9.84 Å². The number of nitro benzene ring substituents is 1. The average molecular weight is 292 g/mol. The van der Waals surface area contributed by atoms with Crippen molar-refractivity contribution in [3.05, 3.63) is 57.5 Å². The molecule has 1 aromatic carbocycles. The smallest absolute Gasteiger partial charge is 0.341 e. The monoisotopic (exact) mass is 292 g/mol. The van der Waals surface area contributed by atoms with Crippen molar-refractivity contribution in [3.63, 3.8) is 0 Å². The lowest BCUT2D eigenvalue weighted by Gasteiger charge is -2.09. The maximum absolute atomic E-state index is 13.0. The van der Waals surface area contributed by atoms with Crippen LogP contribution in [-0.4, -0.2) is 21.0 Å². The highest BCUT2D eigenvalue weighted by Crippen LogP contribution is 2.33. The van der Waals surface area contributed by atoms with Crippen LogP contribution in [0.3, 0.4) is 0 Å². The van der Waals surface area contributed by atoms with Gasteiger partial charge in [-0.1, -0.05) is 0 Å². The number of ether oxygens (including phenoxy) is 1. The summed E-state index contributed by atoms with van der Waals surface area (Å²) < 4.78 is 18.2. The maximum Gasteiger partial charge on any atom is 0.341 e. The number of aromatic carboxylic acids is 1. The molecule has 0 unspecified atom stereocenters. The highest BCUT2D eigenvalue weighted by atomic mass is 19.1. The summed E-state index contributed by atoms with van der Waals surface area (Å²) in [5.41, 5.74) is -0.442. The third-order valence-corrected chi connectivity index (χ3v) is 2.66. The number of aromatic nitrogens is 1. The van der Waals surface area contributed by atoms with Gasteiger partial charge < -0.3 is 9.84 Å². The van der Waals surface area contributed by atoms with E-state index in [1.165, 1.54) is 19.2 Å². The van der Waals surface area contributed by atoms with Gasteiger partial charge >= 0.3 is 11.7 Å². The Morgan fingerprint density at radius 1 is 1.43 bits per heavy atom. The van der Waals surface area contributed by atoms with Crippen LogP contribution in [0.1, 0.15) is 15.9 Å². The van der Waals surface area contributed by atoms with E-state index in [-0.39, 0.29) is 17.2 Å². The summed E-state index contributed by atoms with van der Waals surface area (Å²) in [6, 6.07) is 4.17. The number of hydrogen-bond acceptors (Lipinski definition) is 5. The van der Waals surface area contributed by atoms with Gasteiger partial charge in [-0.2, -0.15) is 0 Å². The van der Waals surface area contributed by atoms with E-state index in [0.717, 1.165) is 12.1 Å². The molecule has 0 amide bonds. The van der Waals surface area contributed by atoms with Crippen molar-refractivity contribution >= 4 is 11.7 Å². The third-order valence-electron chi connectivity index (χ3n) is 2.66. The molecule has 21 heavy (non-hydrogen) atoms. The summed E-state index contributed by atoms with van der Waals surface area (Å²) in [4.78, 5) is 25.0. The SMILES string of the molecule is Cc1ccnc(Oc2ccc(F)cc2[N+](=O)[O-])c1C(=O)O. The summed E-state index contributed by atoms with van der Waals surface area (Å²) >= 11 is 0. The first-order valence-corrected chi connectivity index (χ1v) is 5.71. The molecule has 0 bridgehead atoms. The van der Waals surface area contributed by atoms with Crippen LogP contribution in [-0.2, 0) is 0 Å². The highest BCUT2D eigenvalue weighted by molar-refractivity contribution is 5.91. The number of rotatable bonds is 4. The minimum absolute atomic E-state index is 0.212. The van der Waals surface area contributed by atoms with E-state index in [0.29, 0.717) is 11.6 Å². The van der Waals surface area contributed by atoms with Crippen molar-refractivity contribution in [3.8, 4) is 11.6 Å². The normalized spacial score (nSPS) is 10.2. The van der Waals surface area contributed by atoms with E-state index in [2.05, 4.69) is 4.98 Å². The number of halogens is 1. The molecule has 0 radical (unpaired) electrons. The summed E-state index contributed by atoms with van der Waals surface area (Å²) in [5, 5.41) is 20.0. The van der Waals surface area contributed by atoms with Crippen LogP contribution in [0, 0.1) is 22.9 Å². The number of hydrogen-bond donors (Lipinski definition) is 1. The summed E-state index contributed by atoms with van der Waals surface area (Å²) in [5.74, 6) is -2.66. The van der Waals surface area contributed by atoms with Gasteiger partial charge in [0.15, 0.2) is 0 Å². The molecule has 1 N–H and O–H groups in total. The Kier molecular flexibility index (Phi) is 3.79. The zero-order chi connectivity index (χ0) is 15.6. The van der Waals surface area contributed by atoms with E-state index in [1.807, 2.05) is 0 Å². The van der Waals surface area contributed by atoms with Crippen molar-refractivity contribution in [1.29, 1.82) is 0 Å². The molecule has 0 aliphatic carbocycles. The Labute approximate surface area is 117 Å². The first-order chi connectivity index (χ1) is 9.90. The summed E-state index contributed by atoms with van der Waals surface area (Å²) in [7, 11) is 0. The van der Waals surface area contributed by atoms with Crippen LogP contribution in [0.25, 0.3) is 0 Å². The lowest BCUT2D eigenvalue weighted by Crippen LogP contribution is -2.05. The summed E-state index contributed by atoms with van der Waals surface area (Å²) in [6.45, 7) is 1.54. The largest absolute Gasteiger partial charge is 0.477 e. The van der Waals surface area contributed by atoms with Crippen LogP contribution in [0.15, 0.2) is 30.5 Å². The fourth-order valence-electron chi connectivity index (χ4n) is 1.69. The zero-order valence-electron chi connectivity index (χ0n) is 10.7. The van der Waals surface area contributed by atoms with Gasteiger partial charge in [-0.25, -0.2) is 14.2 Å². The van der Waals surface area contributed by atoms with Gasteiger partial charge in [-0.3, -0.25) is 10.1 Å². The number of pyridine rings is 1. The highest BCUT2D eigenvalue weighted by Gasteiger charge is 2.21. The molecule has 1 aromatic heterocycles. The van der Waals surface area contributed by atoms with Crippen LogP contribution in [0.4, 0.5) is 10.1 Å². The maximum atomic E-state index is 13.0. The third kappa shape index (κ3) is 2.94. The fourth-order valence-corrected chi connectivity index (χ4v) is 1.69. The lowest BCUT2D eigenvalue weighted by atomic mass is 10.1. The Morgan fingerprint density at radius 2 is 2.14 bits per heavy atom. The average Bonchev–Trinajstić information content (AvgIpc) is 2.40. The minimum Gasteiger partial charge on any atom is -0.477 e. The molecular formula is C13H9FN2O5. The molecule has 0 fully saturated rings. The van der Waals surface area contributed by atoms with Crippen molar-refractivity contribution in [2.24, 2.45) is 0 Å². The predicted octanol–water partition coefficient (Wildman–Crippen LogP) is 2.93. The number of nitro groups is 1. The molecule has 0 saturated carbocycles. The van der Waals surface area contributed by atoms with Gasteiger partial charge in [0, 0.05) is 6.20 Å². The van der Waals surface area contributed by atoms with Crippen LogP contribution < -0.4 is 4.74 Å². The first kappa shape index (κ1) is 14.4. The molecule has 1 heterocycles. The van der Waals surface area contributed by atoms with Gasteiger partial charge in [0.2, 0.25) is 11.6 Å². The first-order valence-electron chi connectivity index (χ1n) is 5.71. The number of carboxylic acid groups (broad SMARTS) is 1. The summed E-state index contributed by atoms with van der Waals surface area (Å²) in [6.07, 6.45) is 1.31. The van der Waals surface area contributed by atoms with Gasteiger partial charge in [0.05, 0.1) is 11.0 Å². The number of nitrogens with zero attached hydrogens (tertiary/aromatic N) is 2. The molecule has 0 atom stereocenters. The van der Waals surface area contributed by atoms with Gasteiger partial charge in [-0.15, -0.1) is 0 Å². The Morgan fingerprint density at radius 3 is 2.76 bits per heavy atom. The minimum atomic E-state index is -1.28. The quantitative estimate of drug-likeness (QED) is 0.686. The van der Waals surface area contributed by atoms with E-state index in [9.17, 15) is 19.3 Å². The molecule has 2 rings (SSSR count). The molecule has 108 valence electrons. The molecule has 0 spiro atoms. The number of carboxylic acids is 1. The van der Waals surface area contributed by atoms with Crippen LogP contribution >= 0.6 is 0 Å². The second kappa shape index (κ2) is 5.53. The number of carbonyl (C=O) groups is 1. The van der Waals surface area contributed by atoms with Gasteiger partial charge in [0.25, 0.3) is 0 Å². The van der Waals surface area contributed by atoms with Gasteiger partial charge in [-0.05, 0) is 30.7 Å².